The van der Waals surface area contributed by atoms with Gasteiger partial charge in [-0.1, -0.05) is 30.3 Å². The van der Waals surface area contributed by atoms with Gasteiger partial charge in [0.25, 0.3) is 0 Å². The first-order chi connectivity index (χ1) is 12.1. The molecule has 0 spiro atoms. The number of nitrogens with one attached hydrogen (secondary N) is 1. The maximum atomic E-state index is 12.8. The Bertz CT molecular complexity index is 789. The number of hydrogen-bond acceptors (Lipinski definition) is 3. The van der Waals surface area contributed by atoms with Gasteiger partial charge in [0.15, 0.2) is 0 Å². The zero-order chi connectivity index (χ0) is 17.4. The summed E-state index contributed by atoms with van der Waals surface area (Å²) < 4.78 is 0. The number of rotatable bonds is 6. The number of pyridine rings is 1. The van der Waals surface area contributed by atoms with Crippen LogP contribution in [0.4, 0.5) is 0 Å². The fraction of sp³-hybridized carbons (Fsp3) is 0.350. The van der Waals surface area contributed by atoms with Crippen molar-refractivity contribution in [2.24, 2.45) is 11.8 Å². The number of hydrogen-bond donors (Lipinski definition) is 2. The van der Waals surface area contributed by atoms with Gasteiger partial charge < -0.3 is 10.4 Å². The van der Waals surface area contributed by atoms with Gasteiger partial charge in [-0.15, -0.1) is 0 Å². The summed E-state index contributed by atoms with van der Waals surface area (Å²) in [5.74, 6) is -1.18. The summed E-state index contributed by atoms with van der Waals surface area (Å²) in [6.45, 7) is 0. The molecule has 128 valence electrons. The minimum atomic E-state index is -1.09. The molecule has 0 radical (unpaired) electrons. The predicted molar refractivity (Wildman–Crippen MR) is 91.7 cm³/mol. The van der Waals surface area contributed by atoms with Crippen molar-refractivity contribution in [3.8, 4) is 0 Å². The van der Waals surface area contributed by atoms with E-state index in [1.54, 1.807) is 24.5 Å². The van der Waals surface area contributed by atoms with Crippen molar-refractivity contribution in [2.45, 2.75) is 30.7 Å². The van der Waals surface area contributed by atoms with Gasteiger partial charge in [-0.05, 0) is 48.4 Å². The Labute approximate surface area is 146 Å². The fourth-order valence-electron chi connectivity index (χ4n) is 3.72. The maximum absolute atomic E-state index is 12.8. The molecule has 2 aromatic rings. The summed E-state index contributed by atoms with van der Waals surface area (Å²) in [6, 6.07) is 12.8. The lowest BCUT2D eigenvalue weighted by atomic mass is 9.93. The van der Waals surface area contributed by atoms with E-state index in [-0.39, 0.29) is 11.9 Å². The average Bonchev–Trinajstić information content (AvgIpc) is 3.54. The van der Waals surface area contributed by atoms with Gasteiger partial charge in [-0.3, -0.25) is 14.6 Å². The molecule has 0 saturated heterocycles. The van der Waals surface area contributed by atoms with Gasteiger partial charge in [0.1, 0.15) is 5.41 Å². The second-order valence-electron chi connectivity index (χ2n) is 7.00. The van der Waals surface area contributed by atoms with E-state index in [4.69, 9.17) is 0 Å². The van der Waals surface area contributed by atoms with Crippen LogP contribution in [0.2, 0.25) is 0 Å². The van der Waals surface area contributed by atoms with E-state index in [2.05, 4.69) is 10.3 Å². The molecule has 5 heteroatoms. The van der Waals surface area contributed by atoms with Gasteiger partial charge in [0.05, 0.1) is 12.0 Å². The van der Waals surface area contributed by atoms with E-state index in [0.717, 1.165) is 18.4 Å². The number of carboxylic acid groups (broad SMARTS) is 1. The molecule has 1 aromatic heterocycles. The highest BCUT2D eigenvalue weighted by Crippen LogP contribution is 2.55. The largest absolute Gasteiger partial charge is 0.481 e. The normalized spacial score (nSPS) is 25.8. The lowest BCUT2D eigenvalue weighted by Gasteiger charge is -2.20. The monoisotopic (exact) mass is 336 g/mol. The van der Waals surface area contributed by atoms with E-state index in [0.29, 0.717) is 17.9 Å². The third kappa shape index (κ3) is 2.80. The van der Waals surface area contributed by atoms with Crippen LogP contribution < -0.4 is 5.32 Å². The molecule has 2 N–H and O–H groups in total. The third-order valence-electron chi connectivity index (χ3n) is 5.40. The Morgan fingerprint density at radius 2 is 1.80 bits per heavy atom. The van der Waals surface area contributed by atoms with Gasteiger partial charge in [-0.2, -0.15) is 0 Å². The molecule has 1 heterocycles. The first-order valence-corrected chi connectivity index (χ1v) is 8.62. The van der Waals surface area contributed by atoms with Crippen LogP contribution in [-0.4, -0.2) is 22.0 Å². The first kappa shape index (κ1) is 15.8. The van der Waals surface area contributed by atoms with Gasteiger partial charge >= 0.3 is 5.97 Å². The molecular formula is C20H20N2O3. The molecule has 5 nitrogen and oxygen atoms in total. The molecule has 1 unspecified atom stereocenters. The smallest absolute Gasteiger partial charge is 0.314 e. The molecule has 2 fully saturated rings. The second kappa shape index (κ2) is 5.99. The van der Waals surface area contributed by atoms with E-state index in [9.17, 15) is 14.7 Å². The summed E-state index contributed by atoms with van der Waals surface area (Å²) >= 11 is 0. The molecule has 2 aliphatic rings. The fourth-order valence-corrected chi connectivity index (χ4v) is 3.72. The number of benzene rings is 1. The van der Waals surface area contributed by atoms with Crippen molar-refractivity contribution in [2.75, 3.05) is 0 Å². The zero-order valence-electron chi connectivity index (χ0n) is 13.8. The molecule has 2 aliphatic carbocycles. The van der Waals surface area contributed by atoms with E-state index < -0.39 is 17.3 Å². The summed E-state index contributed by atoms with van der Waals surface area (Å²) in [5.41, 5.74) is 0.652. The van der Waals surface area contributed by atoms with Crippen molar-refractivity contribution in [1.29, 1.82) is 0 Å². The number of aromatic nitrogens is 1. The molecule has 25 heavy (non-hydrogen) atoms. The summed E-state index contributed by atoms with van der Waals surface area (Å²) in [4.78, 5) is 28.8. The van der Waals surface area contributed by atoms with Crippen LogP contribution in [0.15, 0.2) is 54.9 Å². The Hall–Kier alpha value is -2.69. The molecule has 0 bridgehead atoms. The topological polar surface area (TPSA) is 79.3 Å². The molecular weight excluding hydrogens is 316 g/mol. The summed E-state index contributed by atoms with van der Waals surface area (Å²) in [6.07, 6.45) is 5.96. The average molecular weight is 336 g/mol. The van der Waals surface area contributed by atoms with Crippen molar-refractivity contribution < 1.29 is 14.7 Å². The van der Waals surface area contributed by atoms with Crippen LogP contribution in [0.1, 0.15) is 36.4 Å². The van der Waals surface area contributed by atoms with Crippen LogP contribution in [0.5, 0.6) is 0 Å². The van der Waals surface area contributed by atoms with Crippen molar-refractivity contribution in [1.82, 2.24) is 10.3 Å². The Morgan fingerprint density at radius 1 is 1.12 bits per heavy atom. The van der Waals surface area contributed by atoms with Crippen LogP contribution in [0.25, 0.3) is 0 Å². The highest BCUT2D eigenvalue weighted by molar-refractivity contribution is 5.97. The molecule has 0 aliphatic heterocycles. The Balaban J connectivity index is 1.54. The van der Waals surface area contributed by atoms with Crippen LogP contribution in [0.3, 0.4) is 0 Å². The lowest BCUT2D eigenvalue weighted by molar-refractivity contribution is -0.142. The number of amides is 1. The number of aliphatic carboxylic acids is 1. The minimum Gasteiger partial charge on any atom is -0.481 e. The SMILES string of the molecule is O=C(NC(c1ccncc1)C1CC1)[C@H]1C[C@]1(C(=O)O)c1ccccc1. The molecule has 4 rings (SSSR count). The Kier molecular flexibility index (Phi) is 3.79. The highest BCUT2D eigenvalue weighted by atomic mass is 16.4. The van der Waals surface area contributed by atoms with Gasteiger partial charge in [0, 0.05) is 12.4 Å². The Morgan fingerprint density at radius 3 is 2.40 bits per heavy atom. The third-order valence-corrected chi connectivity index (χ3v) is 5.40. The second-order valence-corrected chi connectivity index (χ2v) is 7.00. The molecule has 2 saturated carbocycles. The molecule has 3 atom stereocenters. The van der Waals surface area contributed by atoms with Crippen molar-refractivity contribution in [3.05, 3.63) is 66.0 Å². The summed E-state index contributed by atoms with van der Waals surface area (Å²) in [5, 5.41) is 12.9. The molecule has 1 aromatic carbocycles. The van der Waals surface area contributed by atoms with Crippen molar-refractivity contribution >= 4 is 11.9 Å². The zero-order valence-corrected chi connectivity index (χ0v) is 13.8. The van der Waals surface area contributed by atoms with E-state index in [1.807, 2.05) is 30.3 Å². The number of nitrogens with zero attached hydrogens (tertiary/aromatic N) is 1. The number of carbonyl (C=O) groups excluding carboxylic acids is 1. The van der Waals surface area contributed by atoms with E-state index >= 15 is 0 Å². The van der Waals surface area contributed by atoms with Crippen LogP contribution >= 0.6 is 0 Å². The van der Waals surface area contributed by atoms with E-state index in [1.165, 1.54) is 0 Å². The predicted octanol–water partition coefficient (Wildman–Crippen LogP) is 2.69. The highest BCUT2D eigenvalue weighted by Gasteiger charge is 2.65. The maximum Gasteiger partial charge on any atom is 0.314 e. The van der Waals surface area contributed by atoms with Gasteiger partial charge in [-0.25, -0.2) is 0 Å². The van der Waals surface area contributed by atoms with Crippen LogP contribution in [-0.2, 0) is 15.0 Å². The molecule has 1 amide bonds. The number of carbonyl (C=O) groups is 2. The minimum absolute atomic E-state index is 0.0571. The van der Waals surface area contributed by atoms with Crippen LogP contribution in [0, 0.1) is 11.8 Å². The van der Waals surface area contributed by atoms with Gasteiger partial charge in [0.2, 0.25) is 5.91 Å². The first-order valence-electron chi connectivity index (χ1n) is 8.62. The lowest BCUT2D eigenvalue weighted by Crippen LogP contribution is -2.35. The number of carboxylic acids is 1. The quantitative estimate of drug-likeness (QED) is 0.850. The summed E-state index contributed by atoms with van der Waals surface area (Å²) in [7, 11) is 0. The van der Waals surface area contributed by atoms with Crippen molar-refractivity contribution in [3.63, 3.8) is 0 Å². The standard InChI is InChI=1S/C20H20N2O3/c23-18(22-17(13-6-7-13)14-8-10-21-11-9-14)16-12-20(16,19(24)25)15-4-2-1-3-5-15/h1-5,8-11,13,16-17H,6-7,12H2,(H,22,23)(H,24,25)/t16-,17?,20+/m1/s1.